The lowest BCUT2D eigenvalue weighted by molar-refractivity contribution is -0.119. The molecule has 1 aliphatic heterocycles. The third-order valence-corrected chi connectivity index (χ3v) is 5.70. The molecular formula is C25H33N5O4. The van der Waals surface area contributed by atoms with Crippen LogP contribution in [-0.2, 0) is 16.1 Å². The number of methoxy groups -OCH3 is 1. The Balaban J connectivity index is 1.84. The standard InChI is InChI=1S/C25H33N5O4/c1-4-5-6-8-18(2)17-20(24(26)31)27-25(32)22-19-9-7-10-21(33-3)23(19)30(28-22)12-11-29-13-15-34-16-14-29/h4-10,20H,1,11-17H2,2-3H3,(H2,26,31)(H,27,32)/b6-5-,18-8+/t20-/m0/s1. The number of hydrogen-bond donors (Lipinski definition) is 2. The van der Waals surface area contributed by atoms with Gasteiger partial charge in [-0.2, -0.15) is 5.10 Å². The highest BCUT2D eigenvalue weighted by Gasteiger charge is 2.25. The quantitative estimate of drug-likeness (QED) is 0.489. The lowest BCUT2D eigenvalue weighted by Gasteiger charge is -2.26. The fraction of sp³-hybridized carbons (Fsp3) is 0.400. The zero-order valence-electron chi connectivity index (χ0n) is 19.8. The number of morpholine rings is 1. The maximum Gasteiger partial charge on any atom is 0.273 e. The SMILES string of the molecule is C=C/C=C\C=C(/C)C[C@H](NC(=O)c1nn(CCN2CCOCC2)c2c(OC)cccc12)C(N)=O. The molecule has 2 amide bonds. The Hall–Kier alpha value is -3.43. The maximum absolute atomic E-state index is 13.2. The number of ether oxygens (including phenoxy) is 2. The number of nitrogens with zero attached hydrogens (tertiary/aromatic N) is 3. The van der Waals surface area contributed by atoms with Crippen LogP contribution in [0.2, 0.25) is 0 Å². The van der Waals surface area contributed by atoms with E-state index in [1.807, 2.05) is 37.3 Å². The van der Waals surface area contributed by atoms with Gasteiger partial charge in [0.25, 0.3) is 5.91 Å². The van der Waals surface area contributed by atoms with E-state index >= 15 is 0 Å². The summed E-state index contributed by atoms with van der Waals surface area (Å²) in [5.74, 6) is -0.436. The molecular weight excluding hydrogens is 434 g/mol. The first-order valence-corrected chi connectivity index (χ1v) is 11.3. The van der Waals surface area contributed by atoms with Gasteiger partial charge in [-0.1, -0.05) is 48.6 Å². The molecule has 9 heteroatoms. The lowest BCUT2D eigenvalue weighted by atomic mass is 10.1. The summed E-state index contributed by atoms with van der Waals surface area (Å²) in [4.78, 5) is 27.6. The zero-order valence-corrected chi connectivity index (χ0v) is 19.8. The van der Waals surface area contributed by atoms with Crippen LogP contribution in [0.15, 0.2) is 54.7 Å². The molecule has 0 unspecified atom stereocenters. The zero-order chi connectivity index (χ0) is 24.5. The van der Waals surface area contributed by atoms with Crippen LogP contribution in [0.5, 0.6) is 5.75 Å². The summed E-state index contributed by atoms with van der Waals surface area (Å²) >= 11 is 0. The summed E-state index contributed by atoms with van der Waals surface area (Å²) in [5, 5.41) is 8.03. The fourth-order valence-corrected chi connectivity index (χ4v) is 3.90. The van der Waals surface area contributed by atoms with E-state index in [4.69, 9.17) is 15.2 Å². The molecule has 1 aromatic heterocycles. The van der Waals surface area contributed by atoms with Gasteiger partial charge >= 0.3 is 0 Å². The van der Waals surface area contributed by atoms with Crippen LogP contribution in [0.1, 0.15) is 23.8 Å². The number of benzene rings is 1. The molecule has 1 fully saturated rings. The minimum Gasteiger partial charge on any atom is -0.494 e. The van der Waals surface area contributed by atoms with Crippen molar-refractivity contribution in [2.75, 3.05) is 40.0 Å². The van der Waals surface area contributed by atoms with Crippen LogP contribution >= 0.6 is 0 Å². The predicted molar refractivity (Wildman–Crippen MR) is 132 cm³/mol. The number of nitrogens with one attached hydrogen (secondary N) is 1. The molecule has 0 spiro atoms. The third kappa shape index (κ3) is 6.33. The van der Waals surface area contributed by atoms with Gasteiger partial charge in [-0.15, -0.1) is 0 Å². The predicted octanol–water partition coefficient (Wildman–Crippen LogP) is 2.04. The number of carbonyl (C=O) groups excluding carboxylic acids is 2. The van der Waals surface area contributed by atoms with E-state index in [0.29, 0.717) is 37.3 Å². The van der Waals surface area contributed by atoms with Gasteiger partial charge in [0.2, 0.25) is 5.91 Å². The van der Waals surface area contributed by atoms with E-state index in [9.17, 15) is 9.59 Å². The lowest BCUT2D eigenvalue weighted by Crippen LogP contribution is -2.44. The Bertz CT molecular complexity index is 1080. The summed E-state index contributed by atoms with van der Waals surface area (Å²) < 4.78 is 12.8. The third-order valence-electron chi connectivity index (χ3n) is 5.70. The first-order chi connectivity index (χ1) is 16.4. The Kier molecular flexibility index (Phi) is 9.00. The number of fused-ring (bicyclic) bond motifs is 1. The summed E-state index contributed by atoms with van der Waals surface area (Å²) in [6.07, 6.45) is 7.40. The van der Waals surface area contributed by atoms with Crippen molar-refractivity contribution >= 4 is 22.7 Å². The molecule has 0 aliphatic carbocycles. The molecule has 34 heavy (non-hydrogen) atoms. The molecule has 0 radical (unpaired) electrons. The summed E-state index contributed by atoms with van der Waals surface area (Å²) in [6.45, 7) is 9.99. The van der Waals surface area contributed by atoms with E-state index < -0.39 is 17.9 Å². The molecule has 1 saturated heterocycles. The van der Waals surface area contributed by atoms with Crippen molar-refractivity contribution in [3.63, 3.8) is 0 Å². The van der Waals surface area contributed by atoms with Gasteiger partial charge in [0.1, 0.15) is 17.3 Å². The Morgan fingerprint density at radius 3 is 2.74 bits per heavy atom. The highest BCUT2D eigenvalue weighted by Crippen LogP contribution is 2.28. The fourth-order valence-electron chi connectivity index (χ4n) is 3.90. The van der Waals surface area contributed by atoms with Crippen LogP contribution < -0.4 is 15.8 Å². The highest BCUT2D eigenvalue weighted by molar-refractivity contribution is 6.07. The molecule has 1 atom stereocenters. The van der Waals surface area contributed by atoms with Crippen molar-refractivity contribution in [1.29, 1.82) is 0 Å². The van der Waals surface area contributed by atoms with E-state index in [1.54, 1.807) is 23.9 Å². The first kappa shape index (κ1) is 25.2. The van der Waals surface area contributed by atoms with E-state index in [1.165, 1.54) is 0 Å². The van der Waals surface area contributed by atoms with Crippen molar-refractivity contribution in [3.8, 4) is 5.75 Å². The average molecular weight is 468 g/mol. The summed E-state index contributed by atoms with van der Waals surface area (Å²) in [7, 11) is 1.59. The molecule has 2 aromatic rings. The molecule has 1 aromatic carbocycles. The summed E-state index contributed by atoms with van der Waals surface area (Å²) in [5.41, 5.74) is 7.45. The van der Waals surface area contributed by atoms with Crippen molar-refractivity contribution in [2.45, 2.75) is 25.9 Å². The van der Waals surface area contributed by atoms with Crippen molar-refractivity contribution in [3.05, 3.63) is 60.3 Å². The molecule has 0 bridgehead atoms. The van der Waals surface area contributed by atoms with Crippen LogP contribution in [0, 0.1) is 0 Å². The largest absolute Gasteiger partial charge is 0.494 e. The molecule has 3 N–H and O–H groups in total. The maximum atomic E-state index is 13.2. The van der Waals surface area contributed by atoms with Crippen LogP contribution in [-0.4, -0.2) is 72.5 Å². The number of allylic oxidation sites excluding steroid dienone is 4. The molecule has 1 aliphatic rings. The second-order valence-corrected chi connectivity index (χ2v) is 8.15. The normalized spacial score (nSPS) is 16.0. The minimum atomic E-state index is -0.861. The van der Waals surface area contributed by atoms with E-state index in [2.05, 4.69) is 21.9 Å². The molecule has 9 nitrogen and oxygen atoms in total. The Morgan fingerprint density at radius 2 is 2.06 bits per heavy atom. The van der Waals surface area contributed by atoms with Gasteiger partial charge in [-0.25, -0.2) is 0 Å². The Morgan fingerprint density at radius 1 is 1.29 bits per heavy atom. The number of carbonyl (C=O) groups is 2. The van der Waals surface area contributed by atoms with E-state index in [0.717, 1.165) is 30.7 Å². The van der Waals surface area contributed by atoms with Crippen molar-refractivity contribution in [1.82, 2.24) is 20.0 Å². The second kappa shape index (κ2) is 12.2. The first-order valence-electron chi connectivity index (χ1n) is 11.3. The minimum absolute atomic E-state index is 0.232. The topological polar surface area (TPSA) is 112 Å². The van der Waals surface area contributed by atoms with Gasteiger partial charge in [0, 0.05) is 25.0 Å². The van der Waals surface area contributed by atoms with Crippen LogP contribution in [0.25, 0.3) is 10.9 Å². The van der Waals surface area contributed by atoms with Crippen LogP contribution in [0.4, 0.5) is 0 Å². The number of nitrogens with two attached hydrogens (primary N) is 1. The van der Waals surface area contributed by atoms with Gasteiger partial charge in [-0.3, -0.25) is 19.2 Å². The van der Waals surface area contributed by atoms with Gasteiger partial charge in [0.15, 0.2) is 5.69 Å². The molecule has 0 saturated carbocycles. The van der Waals surface area contributed by atoms with Gasteiger partial charge in [0.05, 0.1) is 26.9 Å². The Labute approximate surface area is 199 Å². The summed E-state index contributed by atoms with van der Waals surface area (Å²) in [6, 6.07) is 4.62. The van der Waals surface area contributed by atoms with Gasteiger partial charge < -0.3 is 20.5 Å². The monoisotopic (exact) mass is 467 g/mol. The number of aromatic nitrogens is 2. The average Bonchev–Trinajstić information content (AvgIpc) is 3.22. The smallest absolute Gasteiger partial charge is 0.273 e. The van der Waals surface area contributed by atoms with Crippen LogP contribution in [0.3, 0.4) is 0 Å². The number of hydrogen-bond acceptors (Lipinski definition) is 6. The highest BCUT2D eigenvalue weighted by atomic mass is 16.5. The van der Waals surface area contributed by atoms with Crippen molar-refractivity contribution in [2.24, 2.45) is 5.73 Å². The van der Waals surface area contributed by atoms with E-state index in [-0.39, 0.29) is 5.69 Å². The molecule has 2 heterocycles. The molecule has 182 valence electrons. The van der Waals surface area contributed by atoms with Crippen molar-refractivity contribution < 1.29 is 19.1 Å². The molecule has 3 rings (SSSR count). The number of para-hydroxylation sites is 1. The number of amides is 2. The van der Waals surface area contributed by atoms with Gasteiger partial charge in [-0.05, 0) is 19.4 Å². The second-order valence-electron chi connectivity index (χ2n) is 8.15. The number of rotatable bonds is 11. The number of primary amides is 1.